The van der Waals surface area contributed by atoms with Gasteiger partial charge < -0.3 is 5.32 Å². The Morgan fingerprint density at radius 1 is 0.853 bits per heavy atom. The van der Waals surface area contributed by atoms with E-state index in [2.05, 4.69) is 5.32 Å². The summed E-state index contributed by atoms with van der Waals surface area (Å²) < 4.78 is 54.9. The van der Waals surface area contributed by atoms with Gasteiger partial charge in [-0.25, -0.2) is 9.18 Å². The zero-order valence-electron chi connectivity index (χ0n) is 17.5. The molecule has 0 aliphatic heterocycles. The second kappa shape index (κ2) is 8.97. The molecule has 0 radical (unpaired) electrons. The number of aromatic nitrogens is 2. The van der Waals surface area contributed by atoms with Crippen LogP contribution in [0.4, 0.5) is 23.2 Å². The number of rotatable bonds is 5. The molecule has 174 valence electrons. The number of para-hydroxylation sites is 2. The van der Waals surface area contributed by atoms with Crippen LogP contribution >= 0.6 is 0 Å². The van der Waals surface area contributed by atoms with Crippen molar-refractivity contribution in [1.82, 2.24) is 9.13 Å². The van der Waals surface area contributed by atoms with Crippen molar-refractivity contribution in [3.8, 4) is 0 Å². The number of carbonyl (C=O) groups is 1. The van der Waals surface area contributed by atoms with Gasteiger partial charge in [0.15, 0.2) is 0 Å². The summed E-state index contributed by atoms with van der Waals surface area (Å²) in [4.78, 5) is 38.8. The van der Waals surface area contributed by atoms with Gasteiger partial charge in [0.05, 0.1) is 28.7 Å². The number of anilines is 1. The van der Waals surface area contributed by atoms with Crippen molar-refractivity contribution in [3.63, 3.8) is 0 Å². The summed E-state index contributed by atoms with van der Waals surface area (Å²) in [6.07, 6.45) is -4.68. The topological polar surface area (TPSA) is 73.1 Å². The Labute approximate surface area is 189 Å². The van der Waals surface area contributed by atoms with Gasteiger partial charge in [0.25, 0.3) is 5.56 Å². The average Bonchev–Trinajstić information content (AvgIpc) is 2.80. The van der Waals surface area contributed by atoms with Crippen LogP contribution in [0.3, 0.4) is 0 Å². The molecule has 0 fully saturated rings. The highest BCUT2D eigenvalue weighted by Crippen LogP contribution is 2.34. The number of alkyl halides is 3. The van der Waals surface area contributed by atoms with Crippen LogP contribution < -0.4 is 16.6 Å². The molecule has 0 bridgehead atoms. The molecule has 0 saturated heterocycles. The SMILES string of the molecule is O=C(Cn1c(=O)n(Cc2ccc(F)cc2)c(=O)c2ccccc21)Nc1ccccc1C(F)(F)F. The monoisotopic (exact) mass is 471 g/mol. The molecule has 34 heavy (non-hydrogen) atoms. The van der Waals surface area contributed by atoms with Crippen molar-refractivity contribution >= 4 is 22.5 Å². The number of hydrogen-bond acceptors (Lipinski definition) is 3. The Morgan fingerprint density at radius 3 is 2.21 bits per heavy atom. The summed E-state index contributed by atoms with van der Waals surface area (Å²) in [7, 11) is 0. The first-order chi connectivity index (χ1) is 16.1. The zero-order valence-corrected chi connectivity index (χ0v) is 17.5. The van der Waals surface area contributed by atoms with E-state index >= 15 is 0 Å². The fourth-order valence-electron chi connectivity index (χ4n) is 3.61. The summed E-state index contributed by atoms with van der Waals surface area (Å²) in [6, 6.07) is 15.8. The van der Waals surface area contributed by atoms with Gasteiger partial charge in [-0.2, -0.15) is 13.2 Å². The van der Waals surface area contributed by atoms with Crippen LogP contribution in [0.5, 0.6) is 0 Å². The van der Waals surface area contributed by atoms with Gasteiger partial charge in [-0.05, 0) is 42.0 Å². The number of halogens is 4. The first kappa shape index (κ1) is 23.0. The summed E-state index contributed by atoms with van der Waals surface area (Å²) in [5.41, 5.74) is -2.27. The maximum Gasteiger partial charge on any atom is 0.418 e. The van der Waals surface area contributed by atoms with Crippen LogP contribution in [0, 0.1) is 5.82 Å². The van der Waals surface area contributed by atoms with Crippen LogP contribution in [0.15, 0.2) is 82.4 Å². The van der Waals surface area contributed by atoms with E-state index in [1.54, 1.807) is 12.1 Å². The first-order valence-electron chi connectivity index (χ1n) is 10.1. The van der Waals surface area contributed by atoms with Gasteiger partial charge in [0.2, 0.25) is 5.91 Å². The highest BCUT2D eigenvalue weighted by atomic mass is 19.4. The van der Waals surface area contributed by atoms with Crippen molar-refractivity contribution in [2.45, 2.75) is 19.3 Å². The fraction of sp³-hybridized carbons (Fsp3) is 0.125. The molecule has 6 nitrogen and oxygen atoms in total. The number of fused-ring (bicyclic) bond motifs is 1. The molecule has 0 saturated carbocycles. The smallest absolute Gasteiger partial charge is 0.324 e. The van der Waals surface area contributed by atoms with E-state index in [9.17, 15) is 31.9 Å². The first-order valence-corrected chi connectivity index (χ1v) is 10.1. The summed E-state index contributed by atoms with van der Waals surface area (Å²) in [6.45, 7) is -0.809. The molecule has 0 atom stereocenters. The minimum Gasteiger partial charge on any atom is -0.324 e. The lowest BCUT2D eigenvalue weighted by Gasteiger charge is -2.16. The summed E-state index contributed by atoms with van der Waals surface area (Å²) >= 11 is 0. The molecule has 4 aromatic rings. The molecule has 3 aromatic carbocycles. The van der Waals surface area contributed by atoms with Crippen LogP contribution in [0.1, 0.15) is 11.1 Å². The van der Waals surface area contributed by atoms with E-state index in [0.717, 1.165) is 21.3 Å². The van der Waals surface area contributed by atoms with Gasteiger partial charge >= 0.3 is 11.9 Å². The molecule has 1 N–H and O–H groups in total. The average molecular weight is 471 g/mol. The Bertz CT molecular complexity index is 1490. The van der Waals surface area contributed by atoms with Crippen molar-refractivity contribution in [2.75, 3.05) is 5.32 Å². The van der Waals surface area contributed by atoms with Crippen LogP contribution in [0.2, 0.25) is 0 Å². The molecular formula is C24H17F4N3O3. The highest BCUT2D eigenvalue weighted by molar-refractivity contribution is 5.92. The Hall–Kier alpha value is -4.21. The van der Waals surface area contributed by atoms with Crippen molar-refractivity contribution in [1.29, 1.82) is 0 Å². The predicted octanol–water partition coefficient (Wildman–Crippen LogP) is 4.01. The maximum absolute atomic E-state index is 13.3. The molecular weight excluding hydrogens is 454 g/mol. The largest absolute Gasteiger partial charge is 0.418 e. The molecule has 0 unspecified atom stereocenters. The van der Waals surface area contributed by atoms with E-state index in [-0.39, 0.29) is 17.4 Å². The molecule has 10 heteroatoms. The molecule has 0 aliphatic carbocycles. The Balaban J connectivity index is 1.74. The lowest BCUT2D eigenvalue weighted by atomic mass is 10.1. The summed E-state index contributed by atoms with van der Waals surface area (Å²) in [5, 5.41) is 2.35. The number of nitrogens with zero attached hydrogens (tertiary/aromatic N) is 2. The number of amides is 1. The lowest BCUT2D eigenvalue weighted by Crippen LogP contribution is -2.42. The van der Waals surface area contributed by atoms with Gasteiger partial charge in [0, 0.05) is 0 Å². The third-order valence-electron chi connectivity index (χ3n) is 5.19. The van der Waals surface area contributed by atoms with Crippen LogP contribution in [-0.4, -0.2) is 15.0 Å². The number of hydrogen-bond donors (Lipinski definition) is 1. The van der Waals surface area contributed by atoms with Gasteiger partial charge in [-0.3, -0.25) is 18.7 Å². The van der Waals surface area contributed by atoms with E-state index in [1.165, 1.54) is 48.5 Å². The number of benzene rings is 3. The lowest BCUT2D eigenvalue weighted by molar-refractivity contribution is -0.137. The van der Waals surface area contributed by atoms with Crippen LogP contribution in [-0.2, 0) is 24.1 Å². The molecule has 0 spiro atoms. The quantitative estimate of drug-likeness (QED) is 0.447. The Morgan fingerprint density at radius 2 is 1.50 bits per heavy atom. The molecule has 4 rings (SSSR count). The van der Waals surface area contributed by atoms with E-state index in [0.29, 0.717) is 5.56 Å². The van der Waals surface area contributed by atoms with E-state index < -0.39 is 46.9 Å². The zero-order chi connectivity index (χ0) is 24.5. The van der Waals surface area contributed by atoms with E-state index in [4.69, 9.17) is 0 Å². The second-order valence-electron chi connectivity index (χ2n) is 7.50. The molecule has 1 aromatic heterocycles. The maximum atomic E-state index is 13.3. The number of nitrogens with one attached hydrogen (secondary N) is 1. The minimum absolute atomic E-state index is 0.146. The third kappa shape index (κ3) is 4.61. The predicted molar refractivity (Wildman–Crippen MR) is 118 cm³/mol. The standard InChI is InChI=1S/C24H17F4N3O3/c25-16-11-9-15(10-12-16)13-31-22(33)17-5-1-4-8-20(17)30(23(31)34)14-21(32)29-19-7-3-2-6-18(19)24(26,27)28/h1-12H,13-14H2,(H,29,32). The van der Waals surface area contributed by atoms with E-state index in [1.807, 2.05) is 0 Å². The minimum atomic E-state index is -4.68. The highest BCUT2D eigenvalue weighted by Gasteiger charge is 2.33. The summed E-state index contributed by atoms with van der Waals surface area (Å²) in [5.74, 6) is -1.36. The second-order valence-corrected chi connectivity index (χ2v) is 7.50. The molecule has 1 amide bonds. The fourth-order valence-corrected chi connectivity index (χ4v) is 3.61. The van der Waals surface area contributed by atoms with Crippen molar-refractivity contribution in [2.24, 2.45) is 0 Å². The molecule has 1 heterocycles. The van der Waals surface area contributed by atoms with Crippen molar-refractivity contribution in [3.05, 3.63) is 111 Å². The van der Waals surface area contributed by atoms with Gasteiger partial charge in [-0.15, -0.1) is 0 Å². The molecule has 0 aliphatic rings. The van der Waals surface area contributed by atoms with Crippen LogP contribution in [0.25, 0.3) is 10.9 Å². The number of carbonyl (C=O) groups excluding carboxylic acids is 1. The normalized spacial score (nSPS) is 11.5. The van der Waals surface area contributed by atoms with Gasteiger partial charge in [0.1, 0.15) is 12.4 Å². The van der Waals surface area contributed by atoms with Gasteiger partial charge in [-0.1, -0.05) is 36.4 Å². The Kier molecular flexibility index (Phi) is 6.06. The third-order valence-corrected chi connectivity index (χ3v) is 5.19. The van der Waals surface area contributed by atoms with Crippen molar-refractivity contribution < 1.29 is 22.4 Å².